The molecule has 0 atom stereocenters. The molecule has 4 rings (SSSR count). The Morgan fingerprint density at radius 2 is 2.00 bits per heavy atom. The first-order valence-corrected chi connectivity index (χ1v) is 11.3. The molecule has 0 bridgehead atoms. The summed E-state index contributed by atoms with van der Waals surface area (Å²) < 4.78 is 18.8. The first kappa shape index (κ1) is 22.1. The van der Waals surface area contributed by atoms with Crippen molar-refractivity contribution in [3.8, 4) is 17.0 Å². The number of ether oxygens (including phenoxy) is 1. The Bertz CT molecular complexity index is 1050. The summed E-state index contributed by atoms with van der Waals surface area (Å²) in [5, 5.41) is 3.76. The van der Waals surface area contributed by atoms with Gasteiger partial charge in [0.05, 0.1) is 23.4 Å². The van der Waals surface area contributed by atoms with E-state index < -0.39 is 6.17 Å². The Kier molecular flexibility index (Phi) is 7.27. The maximum atomic E-state index is 13.3. The van der Waals surface area contributed by atoms with Gasteiger partial charge in [0.1, 0.15) is 11.9 Å². The number of piperidine rings is 1. The van der Waals surface area contributed by atoms with Gasteiger partial charge in [-0.25, -0.2) is 9.37 Å². The monoisotopic (exact) mass is 436 g/mol. The summed E-state index contributed by atoms with van der Waals surface area (Å²) >= 11 is 0. The number of nitrogens with one attached hydrogen (secondary N) is 1. The number of rotatable bonds is 8. The van der Waals surface area contributed by atoms with Crippen LogP contribution in [0.1, 0.15) is 36.5 Å². The topological polar surface area (TPSA) is 67.3 Å². The second-order valence-electron chi connectivity index (χ2n) is 8.03. The lowest BCUT2D eigenvalue weighted by Crippen LogP contribution is -2.36. The van der Waals surface area contributed by atoms with Crippen LogP contribution in [0.2, 0.25) is 0 Å². The molecule has 7 heteroatoms. The molecule has 1 aliphatic heterocycles. The van der Waals surface area contributed by atoms with E-state index in [2.05, 4.69) is 15.2 Å². The quantitative estimate of drug-likeness (QED) is 0.535. The molecule has 1 N–H and O–H groups in total. The number of hydrogen-bond acceptors (Lipinski definition) is 5. The highest BCUT2D eigenvalue weighted by Crippen LogP contribution is 2.26. The molecule has 32 heavy (non-hydrogen) atoms. The normalized spacial score (nSPS) is 15.1. The Morgan fingerprint density at radius 3 is 2.75 bits per heavy atom. The average molecular weight is 437 g/mol. The molecule has 168 valence electrons. The van der Waals surface area contributed by atoms with Crippen molar-refractivity contribution in [3.63, 3.8) is 0 Å². The lowest BCUT2D eigenvalue weighted by atomic mass is 10.0. The van der Waals surface area contributed by atoms with Crippen LogP contribution in [-0.2, 0) is 0 Å². The number of carbonyl (C=O) groups excluding carboxylic acids is 1. The zero-order chi connectivity index (χ0) is 22.3. The lowest BCUT2D eigenvalue weighted by molar-refractivity contribution is 0.0951. The Hall–Kier alpha value is -3.06. The van der Waals surface area contributed by atoms with Crippen LogP contribution in [0.25, 0.3) is 22.2 Å². The number of benzene rings is 1. The maximum Gasteiger partial charge on any atom is 0.252 e. The van der Waals surface area contributed by atoms with Crippen molar-refractivity contribution in [2.45, 2.75) is 32.4 Å². The van der Waals surface area contributed by atoms with E-state index in [-0.39, 0.29) is 5.91 Å². The number of pyridine rings is 2. The standard InChI is InChI=1S/C25H29FN4O2/c1-2-32-20-6-4-18(5-7-20)24-16-21(22-17-27-12-8-23(22)29-24)25(31)28-11-3-13-30-14-9-19(26)10-15-30/h4-8,12,16-17,19H,2-3,9-11,13-15H2,1H3,(H,28,31). The van der Waals surface area contributed by atoms with Crippen molar-refractivity contribution in [2.75, 3.05) is 32.8 Å². The molecule has 0 unspecified atom stereocenters. The smallest absolute Gasteiger partial charge is 0.252 e. The average Bonchev–Trinajstić information content (AvgIpc) is 2.83. The van der Waals surface area contributed by atoms with E-state index in [1.807, 2.05) is 43.3 Å². The van der Waals surface area contributed by atoms with E-state index in [9.17, 15) is 9.18 Å². The van der Waals surface area contributed by atoms with Crippen molar-refractivity contribution >= 4 is 16.8 Å². The minimum atomic E-state index is -0.663. The van der Waals surface area contributed by atoms with E-state index in [1.54, 1.807) is 12.4 Å². The predicted molar refractivity (Wildman–Crippen MR) is 124 cm³/mol. The van der Waals surface area contributed by atoms with Crippen molar-refractivity contribution < 1.29 is 13.9 Å². The molecule has 0 spiro atoms. The second-order valence-corrected chi connectivity index (χ2v) is 8.03. The third-order valence-electron chi connectivity index (χ3n) is 5.77. The predicted octanol–water partition coefficient (Wildman–Crippen LogP) is 4.25. The zero-order valence-corrected chi connectivity index (χ0v) is 18.4. The molecule has 0 radical (unpaired) electrons. The molecule has 1 fully saturated rings. The molecule has 2 aromatic heterocycles. The van der Waals surface area contributed by atoms with Crippen LogP contribution < -0.4 is 10.1 Å². The van der Waals surface area contributed by atoms with E-state index in [0.717, 1.165) is 54.0 Å². The molecule has 3 heterocycles. The number of likely N-dealkylation sites (tertiary alicyclic amines) is 1. The number of aromatic nitrogens is 2. The van der Waals surface area contributed by atoms with Gasteiger partial charge in [0.15, 0.2) is 0 Å². The summed E-state index contributed by atoms with van der Waals surface area (Å²) in [6.45, 7) is 5.57. The van der Waals surface area contributed by atoms with Crippen LogP contribution in [0.4, 0.5) is 4.39 Å². The van der Waals surface area contributed by atoms with Crippen molar-refractivity contribution in [3.05, 3.63) is 54.4 Å². The molecule has 1 saturated heterocycles. The summed E-state index contributed by atoms with van der Waals surface area (Å²) in [4.78, 5) is 24.2. The van der Waals surface area contributed by atoms with E-state index in [0.29, 0.717) is 31.6 Å². The van der Waals surface area contributed by atoms with E-state index in [1.165, 1.54) is 0 Å². The summed E-state index contributed by atoms with van der Waals surface area (Å²) in [5.41, 5.74) is 2.93. The molecule has 1 aromatic carbocycles. The number of nitrogens with zero attached hydrogens (tertiary/aromatic N) is 3. The van der Waals surface area contributed by atoms with Crippen LogP contribution >= 0.6 is 0 Å². The second kappa shape index (κ2) is 10.5. The van der Waals surface area contributed by atoms with Gasteiger partial charge in [-0.15, -0.1) is 0 Å². The van der Waals surface area contributed by atoms with Crippen molar-refractivity contribution in [1.29, 1.82) is 0 Å². The number of carbonyl (C=O) groups is 1. The first-order chi connectivity index (χ1) is 15.6. The molecular weight excluding hydrogens is 407 g/mol. The van der Waals surface area contributed by atoms with Crippen LogP contribution in [0, 0.1) is 0 Å². The Labute approximate surface area is 187 Å². The Morgan fingerprint density at radius 1 is 1.22 bits per heavy atom. The zero-order valence-electron chi connectivity index (χ0n) is 18.4. The van der Waals surface area contributed by atoms with E-state index >= 15 is 0 Å². The van der Waals surface area contributed by atoms with Gasteiger partial charge in [0, 0.05) is 43.0 Å². The van der Waals surface area contributed by atoms with Crippen LogP contribution in [0.5, 0.6) is 5.75 Å². The molecule has 0 aliphatic carbocycles. The lowest BCUT2D eigenvalue weighted by Gasteiger charge is -2.28. The summed E-state index contributed by atoms with van der Waals surface area (Å²) in [7, 11) is 0. The number of halogens is 1. The fraction of sp³-hybridized carbons (Fsp3) is 0.400. The molecule has 0 saturated carbocycles. The van der Waals surface area contributed by atoms with Gasteiger partial charge in [-0.1, -0.05) is 0 Å². The summed E-state index contributed by atoms with van der Waals surface area (Å²) in [6, 6.07) is 11.3. The third-order valence-corrected chi connectivity index (χ3v) is 5.77. The van der Waals surface area contributed by atoms with Gasteiger partial charge >= 0.3 is 0 Å². The molecule has 1 aliphatic rings. The molecular formula is C25H29FN4O2. The number of hydrogen-bond donors (Lipinski definition) is 1. The minimum absolute atomic E-state index is 0.139. The summed E-state index contributed by atoms with van der Waals surface area (Å²) in [5.74, 6) is 0.662. The van der Waals surface area contributed by atoms with Gasteiger partial charge < -0.3 is 15.0 Å². The van der Waals surface area contributed by atoms with Gasteiger partial charge in [-0.3, -0.25) is 9.78 Å². The summed E-state index contributed by atoms with van der Waals surface area (Å²) in [6.07, 6.45) is 4.74. The fourth-order valence-corrected chi connectivity index (χ4v) is 4.02. The largest absolute Gasteiger partial charge is 0.494 e. The maximum absolute atomic E-state index is 13.3. The van der Waals surface area contributed by atoms with Crippen LogP contribution in [-0.4, -0.2) is 59.7 Å². The van der Waals surface area contributed by atoms with E-state index in [4.69, 9.17) is 9.72 Å². The van der Waals surface area contributed by atoms with Gasteiger partial charge in [-0.2, -0.15) is 0 Å². The van der Waals surface area contributed by atoms with Crippen molar-refractivity contribution in [2.24, 2.45) is 0 Å². The molecule has 3 aromatic rings. The highest BCUT2D eigenvalue weighted by atomic mass is 19.1. The SMILES string of the molecule is CCOc1ccc(-c2cc(C(=O)NCCCN3CCC(F)CC3)c3cnccc3n2)cc1. The van der Waals surface area contributed by atoms with Crippen LogP contribution in [0.3, 0.4) is 0 Å². The third kappa shape index (κ3) is 5.40. The molecule has 6 nitrogen and oxygen atoms in total. The minimum Gasteiger partial charge on any atom is -0.494 e. The van der Waals surface area contributed by atoms with Crippen LogP contribution in [0.15, 0.2) is 48.8 Å². The Balaban J connectivity index is 1.46. The first-order valence-electron chi connectivity index (χ1n) is 11.3. The van der Waals surface area contributed by atoms with Crippen molar-refractivity contribution in [1.82, 2.24) is 20.2 Å². The van der Waals surface area contributed by atoms with Gasteiger partial charge in [-0.05, 0) is 69.1 Å². The highest BCUT2D eigenvalue weighted by Gasteiger charge is 2.18. The fourth-order valence-electron chi connectivity index (χ4n) is 4.02. The highest BCUT2D eigenvalue weighted by molar-refractivity contribution is 6.06. The number of amides is 1. The van der Waals surface area contributed by atoms with Gasteiger partial charge in [0.2, 0.25) is 0 Å². The number of alkyl halides is 1. The van der Waals surface area contributed by atoms with Gasteiger partial charge in [0.25, 0.3) is 5.91 Å². The molecule has 1 amide bonds. The number of fused-ring (bicyclic) bond motifs is 1.